The van der Waals surface area contributed by atoms with E-state index in [1.165, 1.54) is 5.56 Å². The van der Waals surface area contributed by atoms with Crippen molar-refractivity contribution >= 4 is 23.0 Å². The Labute approximate surface area is 119 Å². The maximum atomic E-state index is 5.30. The van der Waals surface area contributed by atoms with Crippen LogP contribution in [0, 0.1) is 6.92 Å². The lowest BCUT2D eigenvalue weighted by Crippen LogP contribution is -2.31. The molecule has 0 saturated heterocycles. The minimum absolute atomic E-state index is 0.0756. The van der Waals surface area contributed by atoms with Crippen LogP contribution in [-0.2, 0) is 0 Å². The van der Waals surface area contributed by atoms with Gasteiger partial charge < -0.3 is 10.6 Å². The highest BCUT2D eigenvalue weighted by molar-refractivity contribution is 7.80. The molecule has 1 aromatic carbocycles. The summed E-state index contributed by atoms with van der Waals surface area (Å²) in [4.78, 5) is 4.30. The van der Waals surface area contributed by atoms with Crippen LogP contribution in [0.4, 0.5) is 5.69 Å². The zero-order valence-electron chi connectivity index (χ0n) is 11.1. The molecule has 98 valence electrons. The molecule has 0 aliphatic heterocycles. The highest BCUT2D eigenvalue weighted by atomic mass is 32.1. The number of hydrogen-bond donors (Lipinski definition) is 2. The molecule has 1 atom stereocenters. The van der Waals surface area contributed by atoms with E-state index in [-0.39, 0.29) is 6.04 Å². The number of thiocarbonyl (C=S) groups is 1. The van der Waals surface area contributed by atoms with Crippen LogP contribution in [0.2, 0.25) is 0 Å². The first kappa shape index (κ1) is 13.5. The van der Waals surface area contributed by atoms with Gasteiger partial charge in [0.05, 0.1) is 11.7 Å². The molecule has 0 spiro atoms. The number of aromatic nitrogens is 1. The Kier molecular flexibility index (Phi) is 4.47. The second kappa shape index (κ2) is 6.29. The van der Waals surface area contributed by atoms with Gasteiger partial charge in [0.1, 0.15) is 0 Å². The van der Waals surface area contributed by atoms with Crippen molar-refractivity contribution in [3.63, 3.8) is 0 Å². The molecule has 2 N–H and O–H groups in total. The van der Waals surface area contributed by atoms with E-state index >= 15 is 0 Å². The topological polar surface area (TPSA) is 37.0 Å². The van der Waals surface area contributed by atoms with Gasteiger partial charge in [-0.25, -0.2) is 0 Å². The monoisotopic (exact) mass is 271 g/mol. The Morgan fingerprint density at radius 3 is 2.53 bits per heavy atom. The molecule has 0 bridgehead atoms. The van der Waals surface area contributed by atoms with Crippen molar-refractivity contribution < 1.29 is 0 Å². The van der Waals surface area contributed by atoms with Crippen LogP contribution in [0.15, 0.2) is 48.7 Å². The molecule has 0 radical (unpaired) electrons. The Balaban J connectivity index is 1.93. The van der Waals surface area contributed by atoms with Gasteiger partial charge in [-0.2, -0.15) is 0 Å². The predicted molar refractivity (Wildman–Crippen MR) is 83.2 cm³/mol. The molecule has 4 heteroatoms. The number of benzene rings is 1. The predicted octanol–water partition coefficient (Wildman–Crippen LogP) is 3.44. The van der Waals surface area contributed by atoms with Crippen LogP contribution >= 0.6 is 12.2 Å². The Bertz CT molecular complexity index is 537. The van der Waals surface area contributed by atoms with E-state index in [1.54, 1.807) is 6.20 Å². The molecule has 0 saturated carbocycles. The minimum atomic E-state index is 0.0756. The van der Waals surface area contributed by atoms with Crippen molar-refractivity contribution in [2.75, 3.05) is 5.32 Å². The summed E-state index contributed by atoms with van der Waals surface area (Å²) in [6.07, 6.45) is 1.78. The van der Waals surface area contributed by atoms with E-state index in [4.69, 9.17) is 12.2 Å². The second-order valence-corrected chi connectivity index (χ2v) is 4.85. The quantitative estimate of drug-likeness (QED) is 0.839. The number of pyridine rings is 1. The number of aryl methyl sites for hydroxylation is 1. The van der Waals surface area contributed by atoms with Crippen molar-refractivity contribution in [2.24, 2.45) is 0 Å². The smallest absolute Gasteiger partial charge is 0.171 e. The lowest BCUT2D eigenvalue weighted by Gasteiger charge is -2.16. The number of nitrogens with one attached hydrogen (secondary N) is 2. The number of hydrogen-bond acceptors (Lipinski definition) is 2. The zero-order valence-corrected chi connectivity index (χ0v) is 11.9. The molecule has 2 rings (SSSR count). The third-order valence-electron chi connectivity index (χ3n) is 2.79. The summed E-state index contributed by atoms with van der Waals surface area (Å²) in [5, 5.41) is 6.98. The fourth-order valence-corrected chi connectivity index (χ4v) is 2.00. The van der Waals surface area contributed by atoms with Gasteiger partial charge >= 0.3 is 0 Å². The van der Waals surface area contributed by atoms with Gasteiger partial charge in [0.25, 0.3) is 0 Å². The lowest BCUT2D eigenvalue weighted by atomic mass is 10.2. The molecule has 1 heterocycles. The first-order valence-electron chi connectivity index (χ1n) is 6.20. The average molecular weight is 271 g/mol. The van der Waals surface area contributed by atoms with Crippen molar-refractivity contribution in [3.05, 3.63) is 59.9 Å². The maximum absolute atomic E-state index is 5.30. The Morgan fingerprint density at radius 1 is 1.16 bits per heavy atom. The van der Waals surface area contributed by atoms with Crippen LogP contribution in [0.5, 0.6) is 0 Å². The first-order valence-corrected chi connectivity index (χ1v) is 6.61. The molecule has 0 fully saturated rings. The van der Waals surface area contributed by atoms with E-state index in [0.717, 1.165) is 11.4 Å². The highest BCUT2D eigenvalue weighted by Crippen LogP contribution is 2.11. The summed E-state index contributed by atoms with van der Waals surface area (Å²) < 4.78 is 0. The number of anilines is 1. The molecular formula is C15H17N3S. The molecule has 1 aromatic heterocycles. The van der Waals surface area contributed by atoms with E-state index in [9.17, 15) is 0 Å². The van der Waals surface area contributed by atoms with Gasteiger partial charge in [-0.1, -0.05) is 23.8 Å². The molecule has 3 nitrogen and oxygen atoms in total. The SMILES string of the molecule is Cc1ccc(NC(=S)N[C@H](C)c2ccccn2)cc1. The fourth-order valence-electron chi connectivity index (χ4n) is 1.71. The normalized spacial score (nSPS) is 11.7. The average Bonchev–Trinajstić information content (AvgIpc) is 2.42. The van der Waals surface area contributed by atoms with Crippen LogP contribution in [0.1, 0.15) is 24.2 Å². The van der Waals surface area contributed by atoms with Crippen LogP contribution in [-0.4, -0.2) is 10.1 Å². The summed E-state index contributed by atoms with van der Waals surface area (Å²) in [6.45, 7) is 4.09. The third kappa shape index (κ3) is 4.03. The summed E-state index contributed by atoms with van der Waals surface area (Å²) in [5.41, 5.74) is 3.18. The van der Waals surface area contributed by atoms with Crippen molar-refractivity contribution in [1.29, 1.82) is 0 Å². The van der Waals surface area contributed by atoms with Crippen molar-refractivity contribution in [1.82, 2.24) is 10.3 Å². The standard InChI is InChI=1S/C15H17N3S/c1-11-6-8-13(9-7-11)18-15(19)17-12(2)14-5-3-4-10-16-14/h3-10,12H,1-2H3,(H2,17,18,19)/t12-/m1/s1. The molecular weight excluding hydrogens is 254 g/mol. The summed E-state index contributed by atoms with van der Waals surface area (Å²) in [6, 6.07) is 14.0. The lowest BCUT2D eigenvalue weighted by molar-refractivity contribution is 0.696. The molecule has 0 unspecified atom stereocenters. The van der Waals surface area contributed by atoms with E-state index in [0.29, 0.717) is 5.11 Å². The molecule has 19 heavy (non-hydrogen) atoms. The van der Waals surface area contributed by atoms with Gasteiger partial charge in [0, 0.05) is 11.9 Å². The second-order valence-electron chi connectivity index (χ2n) is 4.44. The van der Waals surface area contributed by atoms with Crippen molar-refractivity contribution in [2.45, 2.75) is 19.9 Å². The summed E-state index contributed by atoms with van der Waals surface area (Å²) in [5.74, 6) is 0. The van der Waals surface area contributed by atoms with Gasteiger partial charge in [0.15, 0.2) is 5.11 Å². The van der Waals surface area contributed by atoms with Gasteiger partial charge in [-0.3, -0.25) is 4.98 Å². The summed E-state index contributed by atoms with van der Waals surface area (Å²) in [7, 11) is 0. The molecule has 0 aliphatic carbocycles. The highest BCUT2D eigenvalue weighted by Gasteiger charge is 2.07. The number of nitrogens with zero attached hydrogens (tertiary/aromatic N) is 1. The first-order chi connectivity index (χ1) is 9.15. The minimum Gasteiger partial charge on any atom is -0.354 e. The zero-order chi connectivity index (χ0) is 13.7. The van der Waals surface area contributed by atoms with Crippen LogP contribution in [0.25, 0.3) is 0 Å². The largest absolute Gasteiger partial charge is 0.354 e. The third-order valence-corrected chi connectivity index (χ3v) is 3.01. The van der Waals surface area contributed by atoms with E-state index in [2.05, 4.69) is 22.5 Å². The van der Waals surface area contributed by atoms with Gasteiger partial charge in [0.2, 0.25) is 0 Å². The number of rotatable bonds is 3. The Hall–Kier alpha value is -1.94. The van der Waals surface area contributed by atoms with E-state index in [1.807, 2.05) is 49.4 Å². The Morgan fingerprint density at radius 2 is 1.89 bits per heavy atom. The van der Waals surface area contributed by atoms with Gasteiger partial charge in [-0.05, 0) is 50.3 Å². The maximum Gasteiger partial charge on any atom is 0.171 e. The molecule has 0 amide bonds. The van der Waals surface area contributed by atoms with Crippen molar-refractivity contribution in [3.8, 4) is 0 Å². The van der Waals surface area contributed by atoms with E-state index < -0.39 is 0 Å². The van der Waals surface area contributed by atoms with Crippen LogP contribution < -0.4 is 10.6 Å². The van der Waals surface area contributed by atoms with Crippen LogP contribution in [0.3, 0.4) is 0 Å². The molecule has 2 aromatic rings. The summed E-state index contributed by atoms with van der Waals surface area (Å²) >= 11 is 5.30. The van der Waals surface area contributed by atoms with Gasteiger partial charge in [-0.15, -0.1) is 0 Å². The fraction of sp³-hybridized carbons (Fsp3) is 0.200. The molecule has 0 aliphatic rings.